The molecule has 1 unspecified atom stereocenters. The average Bonchev–Trinajstić information content (AvgIpc) is 3.61. The van der Waals surface area contributed by atoms with Crippen LogP contribution in [0.3, 0.4) is 0 Å². The molecule has 3 aliphatic rings. The van der Waals surface area contributed by atoms with Crippen LogP contribution in [0, 0.1) is 5.82 Å². The Kier molecular flexibility index (Phi) is 4.96. The number of ether oxygens (including phenoxy) is 2. The van der Waals surface area contributed by atoms with E-state index in [0.717, 1.165) is 24.3 Å². The topological polar surface area (TPSA) is 64.9 Å². The molecule has 3 heterocycles. The Hall–Kier alpha value is -3.16. The minimum atomic E-state index is -0.494. The largest absolute Gasteiger partial charge is 0.493 e. The molecule has 0 radical (unpaired) electrons. The van der Waals surface area contributed by atoms with Gasteiger partial charge in [0.15, 0.2) is 0 Å². The summed E-state index contributed by atoms with van der Waals surface area (Å²) in [5.41, 5.74) is 2.71. The van der Waals surface area contributed by atoms with Gasteiger partial charge in [0.1, 0.15) is 41.4 Å². The van der Waals surface area contributed by atoms with E-state index in [0.29, 0.717) is 48.3 Å². The van der Waals surface area contributed by atoms with Gasteiger partial charge in [0.25, 0.3) is 5.91 Å². The molecular weight excluding hydrogens is 445 g/mol. The third kappa shape index (κ3) is 3.61. The van der Waals surface area contributed by atoms with Gasteiger partial charge >= 0.3 is 0 Å². The molecule has 0 spiro atoms. The molecule has 1 aliphatic heterocycles. The lowest BCUT2D eigenvalue weighted by Gasteiger charge is -2.29. The highest BCUT2D eigenvalue weighted by Crippen LogP contribution is 2.43. The van der Waals surface area contributed by atoms with E-state index in [-0.39, 0.29) is 22.6 Å². The highest BCUT2D eigenvalue weighted by atomic mass is 35.5. The van der Waals surface area contributed by atoms with Crippen LogP contribution in [0.1, 0.15) is 30.9 Å². The minimum Gasteiger partial charge on any atom is -0.493 e. The zero-order valence-electron chi connectivity index (χ0n) is 17.7. The standard InChI is InChI=1S/C25H21ClFN3O3/c26-16-3-1-4-17(27)22(16)23-24(30-18(14-7-8-14)5-2-6-21(30)28-23)29-25(31)15-9-10-19-20(13-15)33-12-11-32-19/h1-6,9-10,14,20H,7-8,11-13H2,(H,29,31). The number of halogens is 2. The van der Waals surface area contributed by atoms with Crippen molar-refractivity contribution in [1.29, 1.82) is 0 Å². The van der Waals surface area contributed by atoms with E-state index in [4.69, 9.17) is 21.1 Å². The Morgan fingerprint density at radius 2 is 2.00 bits per heavy atom. The molecule has 0 bridgehead atoms. The second-order valence-corrected chi connectivity index (χ2v) is 8.86. The number of hydrogen-bond acceptors (Lipinski definition) is 4. The van der Waals surface area contributed by atoms with Crippen molar-refractivity contribution >= 4 is 29.0 Å². The van der Waals surface area contributed by atoms with E-state index in [1.165, 1.54) is 6.07 Å². The first-order chi connectivity index (χ1) is 16.1. The van der Waals surface area contributed by atoms with Crippen molar-refractivity contribution in [3.8, 4) is 11.3 Å². The molecule has 2 fully saturated rings. The van der Waals surface area contributed by atoms with Gasteiger partial charge in [0, 0.05) is 17.7 Å². The Labute approximate surface area is 194 Å². The molecular formula is C25H21ClFN3O3. The number of anilines is 1. The van der Waals surface area contributed by atoms with E-state index in [1.807, 2.05) is 22.6 Å². The fraction of sp³-hybridized carbons (Fsp3) is 0.280. The van der Waals surface area contributed by atoms with Crippen LogP contribution in [0.2, 0.25) is 5.02 Å². The second-order valence-electron chi connectivity index (χ2n) is 8.45. The summed E-state index contributed by atoms with van der Waals surface area (Å²) in [6.45, 7) is 1.00. The third-order valence-electron chi connectivity index (χ3n) is 6.24. The van der Waals surface area contributed by atoms with E-state index in [2.05, 4.69) is 10.3 Å². The zero-order valence-corrected chi connectivity index (χ0v) is 18.4. The van der Waals surface area contributed by atoms with Crippen molar-refractivity contribution in [2.75, 3.05) is 18.5 Å². The normalized spacial score (nSPS) is 20.0. The van der Waals surface area contributed by atoms with Gasteiger partial charge < -0.3 is 14.8 Å². The lowest BCUT2D eigenvalue weighted by atomic mass is 9.99. The zero-order chi connectivity index (χ0) is 22.5. The number of rotatable bonds is 4. The molecule has 3 aromatic rings. The molecule has 6 nitrogen and oxygen atoms in total. The molecule has 2 aromatic heterocycles. The summed E-state index contributed by atoms with van der Waals surface area (Å²) in [5, 5.41) is 3.25. The Balaban J connectivity index is 1.46. The molecule has 1 amide bonds. The van der Waals surface area contributed by atoms with E-state index < -0.39 is 5.82 Å². The summed E-state index contributed by atoms with van der Waals surface area (Å²) >= 11 is 6.39. The predicted molar refractivity (Wildman–Crippen MR) is 123 cm³/mol. The van der Waals surface area contributed by atoms with E-state index >= 15 is 0 Å². The molecule has 8 heteroatoms. The SMILES string of the molecule is O=C(Nc1c(-c2c(F)cccc2Cl)nc2cccc(C3CC3)n12)C1=CC=C2OCCOC2C1. The second kappa shape index (κ2) is 8.01. The average molecular weight is 466 g/mol. The molecule has 6 rings (SSSR count). The number of benzene rings is 1. The molecule has 1 atom stereocenters. The maximum absolute atomic E-state index is 14.9. The lowest BCUT2D eigenvalue weighted by molar-refractivity contribution is -0.113. The van der Waals surface area contributed by atoms with Crippen LogP contribution in [0.15, 0.2) is 59.9 Å². The van der Waals surface area contributed by atoms with Crippen LogP contribution in [0.5, 0.6) is 0 Å². The quantitative estimate of drug-likeness (QED) is 0.572. The highest BCUT2D eigenvalue weighted by Gasteiger charge is 2.31. The van der Waals surface area contributed by atoms with Crippen LogP contribution in [0.25, 0.3) is 16.9 Å². The number of pyridine rings is 1. The fourth-order valence-electron chi connectivity index (χ4n) is 4.48. The predicted octanol–water partition coefficient (Wildman–Crippen LogP) is 5.24. The number of fused-ring (bicyclic) bond motifs is 2. The summed E-state index contributed by atoms with van der Waals surface area (Å²) in [4.78, 5) is 18.0. The van der Waals surface area contributed by atoms with Gasteiger partial charge in [-0.05, 0) is 55.2 Å². The fourth-order valence-corrected chi connectivity index (χ4v) is 4.73. The van der Waals surface area contributed by atoms with E-state index in [1.54, 1.807) is 24.3 Å². The van der Waals surface area contributed by atoms with E-state index in [9.17, 15) is 9.18 Å². The highest BCUT2D eigenvalue weighted by molar-refractivity contribution is 6.33. The number of aromatic nitrogens is 2. The molecule has 1 N–H and O–H groups in total. The monoisotopic (exact) mass is 465 g/mol. The van der Waals surface area contributed by atoms with Gasteiger partial charge in [-0.3, -0.25) is 9.20 Å². The van der Waals surface area contributed by atoms with Crippen LogP contribution in [0.4, 0.5) is 10.2 Å². The maximum Gasteiger partial charge on any atom is 0.252 e. The van der Waals surface area contributed by atoms with Crippen LogP contribution < -0.4 is 5.32 Å². The summed E-state index contributed by atoms with van der Waals surface area (Å²) in [5.74, 6) is 0.755. The first kappa shape index (κ1) is 20.4. The van der Waals surface area contributed by atoms with Crippen molar-refractivity contribution in [2.24, 2.45) is 0 Å². The van der Waals surface area contributed by atoms with Crippen molar-refractivity contribution in [2.45, 2.75) is 31.3 Å². The summed E-state index contributed by atoms with van der Waals surface area (Å²) in [6, 6.07) is 10.3. The summed E-state index contributed by atoms with van der Waals surface area (Å²) < 4.78 is 28.2. The smallest absolute Gasteiger partial charge is 0.252 e. The number of imidazole rings is 1. The van der Waals surface area contributed by atoms with Gasteiger partial charge in [0.2, 0.25) is 0 Å². The van der Waals surface area contributed by atoms with Gasteiger partial charge in [-0.15, -0.1) is 0 Å². The number of nitrogens with one attached hydrogen (secondary N) is 1. The van der Waals surface area contributed by atoms with Crippen LogP contribution in [-0.2, 0) is 14.3 Å². The molecule has 1 aromatic carbocycles. The molecule has 168 valence electrons. The molecule has 1 saturated heterocycles. The Morgan fingerprint density at radius 1 is 1.15 bits per heavy atom. The maximum atomic E-state index is 14.9. The first-order valence-electron chi connectivity index (χ1n) is 11.0. The lowest BCUT2D eigenvalue weighted by Crippen LogP contribution is -2.31. The Morgan fingerprint density at radius 3 is 2.82 bits per heavy atom. The molecule has 2 aliphatic carbocycles. The van der Waals surface area contributed by atoms with Crippen molar-refractivity contribution in [1.82, 2.24) is 9.38 Å². The third-order valence-corrected chi connectivity index (χ3v) is 6.55. The van der Waals surface area contributed by atoms with Gasteiger partial charge in [0.05, 0.1) is 17.2 Å². The minimum absolute atomic E-state index is 0.170. The van der Waals surface area contributed by atoms with Gasteiger partial charge in [-0.2, -0.15) is 0 Å². The van der Waals surface area contributed by atoms with Crippen LogP contribution >= 0.6 is 11.6 Å². The molecule has 1 saturated carbocycles. The summed E-state index contributed by atoms with van der Waals surface area (Å²) in [6.07, 6.45) is 5.79. The number of carbonyl (C=O) groups excluding carboxylic acids is 1. The number of hydrogen-bond donors (Lipinski definition) is 1. The number of carbonyl (C=O) groups is 1. The number of amides is 1. The van der Waals surface area contributed by atoms with Crippen molar-refractivity contribution in [3.63, 3.8) is 0 Å². The first-order valence-corrected chi connectivity index (χ1v) is 11.4. The van der Waals surface area contributed by atoms with Crippen LogP contribution in [-0.4, -0.2) is 34.6 Å². The Bertz CT molecular complexity index is 1320. The number of nitrogens with zero attached hydrogens (tertiary/aromatic N) is 2. The summed E-state index contributed by atoms with van der Waals surface area (Å²) in [7, 11) is 0. The van der Waals surface area contributed by atoms with Crippen molar-refractivity contribution in [3.05, 3.63) is 76.4 Å². The van der Waals surface area contributed by atoms with Gasteiger partial charge in [-0.25, -0.2) is 9.37 Å². The number of allylic oxidation sites excluding steroid dienone is 2. The van der Waals surface area contributed by atoms with Gasteiger partial charge in [-0.1, -0.05) is 23.7 Å². The van der Waals surface area contributed by atoms with Crippen molar-refractivity contribution < 1.29 is 18.7 Å². The molecule has 33 heavy (non-hydrogen) atoms.